The summed E-state index contributed by atoms with van der Waals surface area (Å²) in [5, 5.41) is 0.958. The van der Waals surface area contributed by atoms with Gasteiger partial charge in [-0.25, -0.2) is 4.98 Å². The second kappa shape index (κ2) is 5.34. The molecule has 3 nitrogen and oxygen atoms in total. The number of rotatable bonds is 4. The van der Waals surface area contributed by atoms with Gasteiger partial charge in [0.1, 0.15) is 0 Å². The van der Waals surface area contributed by atoms with Gasteiger partial charge in [0.15, 0.2) is 0 Å². The fraction of sp³-hybridized carbons (Fsp3) is 0.500. The number of ether oxygens (including phenoxy) is 1. The van der Waals surface area contributed by atoms with Crippen LogP contribution in [-0.2, 0) is 16.0 Å². The molecule has 0 fully saturated rings. The predicted molar refractivity (Wildman–Crippen MR) is 54.8 cm³/mol. The van der Waals surface area contributed by atoms with Gasteiger partial charge in [-0.1, -0.05) is 0 Å². The third kappa shape index (κ3) is 3.87. The van der Waals surface area contributed by atoms with Gasteiger partial charge >= 0.3 is 5.97 Å². The summed E-state index contributed by atoms with van der Waals surface area (Å²) in [5.74, 6) is -0.158. The first-order chi connectivity index (χ1) is 6.22. The molecule has 0 unspecified atom stereocenters. The normalized spacial score (nSPS) is 10.0. The third-order valence-electron chi connectivity index (χ3n) is 1.37. The number of thiazole rings is 1. The molecule has 0 aliphatic carbocycles. The SMILES string of the molecule is CCOC(=O)CCc1ncc(Br)s1. The maximum absolute atomic E-state index is 11.0. The summed E-state index contributed by atoms with van der Waals surface area (Å²) in [5.41, 5.74) is 0. The Kier molecular flexibility index (Phi) is 4.38. The molecule has 0 saturated carbocycles. The fourth-order valence-electron chi connectivity index (χ4n) is 0.846. The highest BCUT2D eigenvalue weighted by molar-refractivity contribution is 9.11. The van der Waals surface area contributed by atoms with Crippen LogP contribution in [0.4, 0.5) is 0 Å². The number of halogens is 1. The number of esters is 1. The molecular weight excluding hydrogens is 254 g/mol. The van der Waals surface area contributed by atoms with Crippen molar-refractivity contribution in [3.63, 3.8) is 0 Å². The topological polar surface area (TPSA) is 39.2 Å². The molecule has 1 aromatic heterocycles. The lowest BCUT2D eigenvalue weighted by Crippen LogP contribution is -2.04. The van der Waals surface area contributed by atoms with E-state index in [1.54, 1.807) is 24.5 Å². The largest absolute Gasteiger partial charge is 0.466 e. The van der Waals surface area contributed by atoms with Crippen molar-refractivity contribution in [2.75, 3.05) is 6.61 Å². The van der Waals surface area contributed by atoms with Crippen molar-refractivity contribution < 1.29 is 9.53 Å². The molecule has 1 aromatic rings. The van der Waals surface area contributed by atoms with Gasteiger partial charge in [-0.3, -0.25) is 4.79 Å². The lowest BCUT2D eigenvalue weighted by molar-refractivity contribution is -0.143. The minimum absolute atomic E-state index is 0.158. The summed E-state index contributed by atoms with van der Waals surface area (Å²) < 4.78 is 5.79. The van der Waals surface area contributed by atoms with Crippen LogP contribution in [0, 0.1) is 0 Å². The summed E-state index contributed by atoms with van der Waals surface area (Å²) in [4.78, 5) is 15.1. The zero-order valence-electron chi connectivity index (χ0n) is 7.25. The Hall–Kier alpha value is -0.420. The van der Waals surface area contributed by atoms with Crippen molar-refractivity contribution in [1.29, 1.82) is 0 Å². The summed E-state index contributed by atoms with van der Waals surface area (Å²) >= 11 is 4.86. The fourth-order valence-corrected chi connectivity index (χ4v) is 2.15. The molecule has 0 saturated heterocycles. The van der Waals surface area contributed by atoms with E-state index in [4.69, 9.17) is 4.74 Å². The number of aromatic nitrogens is 1. The molecule has 0 aliphatic heterocycles. The highest BCUT2D eigenvalue weighted by atomic mass is 79.9. The van der Waals surface area contributed by atoms with Crippen molar-refractivity contribution in [2.45, 2.75) is 19.8 Å². The van der Waals surface area contributed by atoms with Crippen LogP contribution < -0.4 is 0 Å². The van der Waals surface area contributed by atoms with E-state index >= 15 is 0 Å². The monoisotopic (exact) mass is 263 g/mol. The zero-order chi connectivity index (χ0) is 9.68. The Morgan fingerprint density at radius 1 is 1.77 bits per heavy atom. The predicted octanol–water partition coefficient (Wildman–Crippen LogP) is 2.40. The van der Waals surface area contributed by atoms with Gasteiger partial charge in [-0.2, -0.15) is 0 Å². The molecule has 0 aliphatic rings. The van der Waals surface area contributed by atoms with Crippen LogP contribution >= 0.6 is 27.3 Å². The van der Waals surface area contributed by atoms with Crippen molar-refractivity contribution in [2.24, 2.45) is 0 Å². The molecule has 0 bridgehead atoms. The van der Waals surface area contributed by atoms with E-state index in [9.17, 15) is 4.79 Å². The van der Waals surface area contributed by atoms with Crippen molar-refractivity contribution in [3.05, 3.63) is 15.0 Å². The van der Waals surface area contributed by atoms with E-state index in [1.807, 2.05) is 0 Å². The minimum atomic E-state index is -0.158. The second-order valence-corrected chi connectivity index (χ2v) is 4.86. The Labute approximate surface area is 89.3 Å². The van der Waals surface area contributed by atoms with E-state index in [2.05, 4.69) is 20.9 Å². The molecule has 72 valence electrons. The van der Waals surface area contributed by atoms with Crippen molar-refractivity contribution in [1.82, 2.24) is 4.98 Å². The van der Waals surface area contributed by atoms with E-state index in [1.165, 1.54) is 0 Å². The van der Waals surface area contributed by atoms with Gasteiger partial charge in [0.05, 0.1) is 28.0 Å². The molecule has 0 atom stereocenters. The van der Waals surface area contributed by atoms with Gasteiger partial charge in [0.25, 0.3) is 0 Å². The number of aryl methyl sites for hydroxylation is 1. The van der Waals surface area contributed by atoms with Gasteiger partial charge < -0.3 is 4.74 Å². The number of carbonyl (C=O) groups excluding carboxylic acids is 1. The second-order valence-electron chi connectivity index (χ2n) is 2.36. The quantitative estimate of drug-likeness (QED) is 0.784. The number of carbonyl (C=O) groups is 1. The Balaban J connectivity index is 2.30. The van der Waals surface area contributed by atoms with Crippen LogP contribution in [0.25, 0.3) is 0 Å². The van der Waals surface area contributed by atoms with Crippen LogP contribution in [0.3, 0.4) is 0 Å². The van der Waals surface area contributed by atoms with E-state index in [0.29, 0.717) is 19.4 Å². The molecule has 0 spiro atoms. The highest BCUT2D eigenvalue weighted by Gasteiger charge is 2.05. The molecule has 0 N–H and O–H groups in total. The molecule has 13 heavy (non-hydrogen) atoms. The maximum Gasteiger partial charge on any atom is 0.306 e. The zero-order valence-corrected chi connectivity index (χ0v) is 9.65. The van der Waals surface area contributed by atoms with Crippen LogP contribution in [0.15, 0.2) is 9.98 Å². The number of hydrogen-bond acceptors (Lipinski definition) is 4. The van der Waals surface area contributed by atoms with Gasteiger partial charge in [0.2, 0.25) is 0 Å². The summed E-state index contributed by atoms with van der Waals surface area (Å²) in [7, 11) is 0. The molecule has 1 rings (SSSR count). The molecule has 5 heteroatoms. The van der Waals surface area contributed by atoms with Crippen molar-refractivity contribution in [3.8, 4) is 0 Å². The maximum atomic E-state index is 11.0. The number of nitrogens with zero attached hydrogens (tertiary/aromatic N) is 1. The standard InChI is InChI=1S/C8H10BrNO2S/c1-2-12-8(11)4-3-7-10-5-6(9)13-7/h5H,2-4H2,1H3. The smallest absolute Gasteiger partial charge is 0.306 e. The highest BCUT2D eigenvalue weighted by Crippen LogP contribution is 2.19. The van der Waals surface area contributed by atoms with Gasteiger partial charge in [0, 0.05) is 6.42 Å². The summed E-state index contributed by atoms with van der Waals surface area (Å²) in [6.45, 7) is 2.25. The summed E-state index contributed by atoms with van der Waals surface area (Å²) in [6.07, 6.45) is 2.81. The lowest BCUT2D eigenvalue weighted by atomic mass is 10.3. The van der Waals surface area contributed by atoms with E-state index in [0.717, 1.165) is 8.79 Å². The summed E-state index contributed by atoms with van der Waals surface area (Å²) in [6, 6.07) is 0. The molecule has 0 radical (unpaired) electrons. The van der Waals surface area contributed by atoms with Crippen LogP contribution in [0.5, 0.6) is 0 Å². The van der Waals surface area contributed by atoms with Gasteiger partial charge in [-0.05, 0) is 22.9 Å². The lowest BCUT2D eigenvalue weighted by Gasteiger charge is -1.98. The van der Waals surface area contributed by atoms with Crippen LogP contribution in [-0.4, -0.2) is 17.6 Å². The first-order valence-corrected chi connectivity index (χ1v) is 5.59. The molecular formula is C8H10BrNO2S. The molecule has 1 heterocycles. The van der Waals surface area contributed by atoms with Crippen LogP contribution in [0.2, 0.25) is 0 Å². The Morgan fingerprint density at radius 2 is 2.54 bits per heavy atom. The average Bonchev–Trinajstić information content (AvgIpc) is 2.49. The first-order valence-electron chi connectivity index (χ1n) is 3.98. The number of hydrogen-bond donors (Lipinski definition) is 0. The van der Waals surface area contributed by atoms with Crippen molar-refractivity contribution >= 4 is 33.2 Å². The van der Waals surface area contributed by atoms with Crippen LogP contribution in [0.1, 0.15) is 18.4 Å². The molecule has 0 aromatic carbocycles. The van der Waals surface area contributed by atoms with Gasteiger partial charge in [-0.15, -0.1) is 11.3 Å². The third-order valence-corrected chi connectivity index (χ3v) is 2.91. The Bertz CT molecular complexity index is 287. The molecule has 0 amide bonds. The van der Waals surface area contributed by atoms with E-state index < -0.39 is 0 Å². The first kappa shape index (κ1) is 10.7. The minimum Gasteiger partial charge on any atom is -0.466 e. The Morgan fingerprint density at radius 3 is 3.08 bits per heavy atom. The average molecular weight is 264 g/mol. The van der Waals surface area contributed by atoms with E-state index in [-0.39, 0.29) is 5.97 Å².